The maximum atomic E-state index is 12.5. The van der Waals surface area contributed by atoms with Gasteiger partial charge in [-0.1, -0.05) is 0 Å². The van der Waals surface area contributed by atoms with Crippen LogP contribution in [0.4, 0.5) is 0 Å². The van der Waals surface area contributed by atoms with Crippen molar-refractivity contribution >= 4 is 18.3 Å². The van der Waals surface area contributed by atoms with Crippen LogP contribution in [-0.2, 0) is 4.79 Å². The van der Waals surface area contributed by atoms with Crippen molar-refractivity contribution in [2.75, 3.05) is 40.3 Å². The van der Waals surface area contributed by atoms with Crippen LogP contribution < -0.4 is 5.32 Å². The molecule has 1 unspecified atom stereocenters. The molecule has 2 rings (SSSR count). The molecule has 0 spiro atoms. The highest BCUT2D eigenvalue weighted by molar-refractivity contribution is 5.85. The number of carbonyl (C=O) groups excluding carboxylic acids is 1. The molecule has 1 N–H and O–H groups in total. The van der Waals surface area contributed by atoms with Gasteiger partial charge in [0, 0.05) is 19.6 Å². The zero-order valence-corrected chi connectivity index (χ0v) is 12.6. The molecule has 0 saturated carbocycles. The van der Waals surface area contributed by atoms with Gasteiger partial charge in [-0.15, -0.1) is 12.4 Å². The molecule has 2 aliphatic rings. The number of rotatable bonds is 2. The summed E-state index contributed by atoms with van der Waals surface area (Å²) in [4.78, 5) is 16.9. The summed E-state index contributed by atoms with van der Waals surface area (Å²) >= 11 is 0. The van der Waals surface area contributed by atoms with Crippen LogP contribution >= 0.6 is 12.4 Å². The summed E-state index contributed by atoms with van der Waals surface area (Å²) in [6.07, 6.45) is 3.20. The van der Waals surface area contributed by atoms with Crippen molar-refractivity contribution in [3.63, 3.8) is 0 Å². The summed E-state index contributed by atoms with van der Waals surface area (Å²) in [7, 11) is 4.14. The second-order valence-electron chi connectivity index (χ2n) is 5.94. The highest BCUT2D eigenvalue weighted by Gasteiger charge is 2.40. The second kappa shape index (κ2) is 6.22. The maximum absolute atomic E-state index is 12.5. The van der Waals surface area contributed by atoms with E-state index in [1.54, 1.807) is 0 Å². The fourth-order valence-electron chi connectivity index (χ4n) is 2.97. The number of amides is 1. The Morgan fingerprint density at radius 1 is 1.39 bits per heavy atom. The molecule has 1 atom stereocenters. The SMILES string of the molecule is CN1CCC(N(C)C(=O)C2(C)CCNC2)CC1.Cl. The minimum Gasteiger partial charge on any atom is -0.342 e. The van der Waals surface area contributed by atoms with Gasteiger partial charge >= 0.3 is 0 Å². The van der Waals surface area contributed by atoms with Crippen molar-refractivity contribution < 1.29 is 4.79 Å². The highest BCUT2D eigenvalue weighted by Crippen LogP contribution is 2.28. The monoisotopic (exact) mass is 275 g/mol. The average Bonchev–Trinajstić information content (AvgIpc) is 2.76. The van der Waals surface area contributed by atoms with E-state index in [4.69, 9.17) is 0 Å². The van der Waals surface area contributed by atoms with Crippen LogP contribution in [0.15, 0.2) is 0 Å². The smallest absolute Gasteiger partial charge is 0.229 e. The molecule has 0 bridgehead atoms. The van der Waals surface area contributed by atoms with Crippen LogP contribution in [0.3, 0.4) is 0 Å². The normalized spacial score (nSPS) is 29.9. The van der Waals surface area contributed by atoms with Crippen LogP contribution in [0.5, 0.6) is 0 Å². The number of halogens is 1. The van der Waals surface area contributed by atoms with E-state index in [0.29, 0.717) is 11.9 Å². The molecule has 2 heterocycles. The predicted octanol–water partition coefficient (Wildman–Crippen LogP) is 0.960. The summed E-state index contributed by atoms with van der Waals surface area (Å²) in [6, 6.07) is 0.441. The van der Waals surface area contributed by atoms with Crippen molar-refractivity contribution in [3.05, 3.63) is 0 Å². The third-order valence-corrected chi connectivity index (χ3v) is 4.44. The Bertz CT molecular complexity index is 284. The van der Waals surface area contributed by atoms with Gasteiger partial charge in [-0.2, -0.15) is 0 Å². The van der Waals surface area contributed by atoms with E-state index in [-0.39, 0.29) is 17.8 Å². The summed E-state index contributed by atoms with van der Waals surface area (Å²) in [5.74, 6) is 0.331. The Kier molecular flexibility index (Phi) is 5.44. The minimum atomic E-state index is -0.169. The summed E-state index contributed by atoms with van der Waals surface area (Å²) in [5, 5.41) is 3.30. The molecule has 0 aromatic rings. The van der Waals surface area contributed by atoms with Crippen molar-refractivity contribution in [2.45, 2.75) is 32.2 Å². The van der Waals surface area contributed by atoms with E-state index < -0.39 is 0 Å². The molecule has 1 amide bonds. The lowest BCUT2D eigenvalue weighted by atomic mass is 9.87. The molecule has 5 heteroatoms. The van der Waals surface area contributed by atoms with Gasteiger partial charge in [0.1, 0.15) is 0 Å². The Morgan fingerprint density at radius 3 is 2.50 bits per heavy atom. The lowest BCUT2D eigenvalue weighted by molar-refractivity contribution is -0.141. The number of piperidine rings is 1. The Labute approximate surface area is 116 Å². The van der Waals surface area contributed by atoms with E-state index in [9.17, 15) is 4.79 Å². The molecule has 106 valence electrons. The first-order valence-corrected chi connectivity index (χ1v) is 6.69. The van der Waals surface area contributed by atoms with Crippen molar-refractivity contribution in [2.24, 2.45) is 5.41 Å². The molecule has 0 aromatic carbocycles. The molecule has 0 aromatic heterocycles. The third-order valence-electron chi connectivity index (χ3n) is 4.44. The Balaban J connectivity index is 0.00000162. The van der Waals surface area contributed by atoms with E-state index in [1.165, 1.54) is 0 Å². The van der Waals surface area contributed by atoms with Gasteiger partial charge in [0.2, 0.25) is 5.91 Å². The van der Waals surface area contributed by atoms with Crippen molar-refractivity contribution in [1.82, 2.24) is 15.1 Å². The molecule has 4 nitrogen and oxygen atoms in total. The first-order chi connectivity index (χ1) is 8.03. The fraction of sp³-hybridized carbons (Fsp3) is 0.923. The number of nitrogens with zero attached hydrogens (tertiary/aromatic N) is 2. The fourth-order valence-corrected chi connectivity index (χ4v) is 2.97. The number of hydrogen-bond donors (Lipinski definition) is 1. The summed E-state index contributed by atoms with van der Waals surface area (Å²) in [5.41, 5.74) is -0.169. The molecule has 0 aliphatic carbocycles. The van der Waals surface area contributed by atoms with Gasteiger partial charge < -0.3 is 15.1 Å². The maximum Gasteiger partial charge on any atom is 0.229 e. The largest absolute Gasteiger partial charge is 0.342 e. The first-order valence-electron chi connectivity index (χ1n) is 6.69. The number of carbonyl (C=O) groups is 1. The Hall–Kier alpha value is -0.320. The molecule has 2 aliphatic heterocycles. The average molecular weight is 276 g/mol. The molecule has 2 fully saturated rings. The molecule has 2 saturated heterocycles. The zero-order valence-electron chi connectivity index (χ0n) is 11.7. The summed E-state index contributed by atoms with van der Waals surface area (Å²) < 4.78 is 0. The quantitative estimate of drug-likeness (QED) is 0.816. The van der Waals surface area contributed by atoms with Crippen molar-refractivity contribution in [3.8, 4) is 0 Å². The van der Waals surface area contributed by atoms with Crippen LogP contribution in [0.1, 0.15) is 26.2 Å². The second-order valence-corrected chi connectivity index (χ2v) is 5.94. The predicted molar refractivity (Wildman–Crippen MR) is 76.1 cm³/mol. The number of nitrogens with one attached hydrogen (secondary N) is 1. The van der Waals surface area contributed by atoms with Gasteiger partial charge in [0.05, 0.1) is 5.41 Å². The molecular weight excluding hydrogens is 250 g/mol. The van der Waals surface area contributed by atoms with E-state index >= 15 is 0 Å². The standard InChI is InChI=1S/C13H25N3O.ClH/c1-13(6-7-14-10-13)12(17)16(3)11-4-8-15(2)9-5-11;/h11,14H,4-10H2,1-3H3;1H. The van der Waals surface area contributed by atoms with Gasteiger partial charge in [-0.05, 0) is 52.9 Å². The van der Waals surface area contributed by atoms with Crippen LogP contribution in [0.2, 0.25) is 0 Å². The van der Waals surface area contributed by atoms with Crippen LogP contribution in [0.25, 0.3) is 0 Å². The first kappa shape index (κ1) is 15.7. The number of hydrogen-bond acceptors (Lipinski definition) is 3. The zero-order chi connectivity index (χ0) is 12.5. The lowest BCUT2D eigenvalue weighted by Gasteiger charge is -2.38. The van der Waals surface area contributed by atoms with Crippen molar-refractivity contribution in [1.29, 1.82) is 0 Å². The summed E-state index contributed by atoms with van der Waals surface area (Å²) in [6.45, 7) is 6.13. The topological polar surface area (TPSA) is 35.6 Å². The van der Waals surface area contributed by atoms with Gasteiger partial charge in [-0.3, -0.25) is 4.79 Å². The molecule has 0 radical (unpaired) electrons. The van der Waals surface area contributed by atoms with Gasteiger partial charge in [0.15, 0.2) is 0 Å². The third kappa shape index (κ3) is 3.16. The lowest BCUT2D eigenvalue weighted by Crippen LogP contribution is -2.49. The van der Waals surface area contributed by atoms with Gasteiger partial charge in [-0.25, -0.2) is 0 Å². The van der Waals surface area contributed by atoms with E-state index in [1.807, 2.05) is 11.9 Å². The van der Waals surface area contributed by atoms with E-state index in [2.05, 4.69) is 24.2 Å². The number of likely N-dealkylation sites (tertiary alicyclic amines) is 1. The van der Waals surface area contributed by atoms with Crippen LogP contribution in [-0.4, -0.2) is 62.0 Å². The highest BCUT2D eigenvalue weighted by atomic mass is 35.5. The minimum absolute atomic E-state index is 0. The molecular formula is C13H26ClN3O. The van der Waals surface area contributed by atoms with Crippen LogP contribution in [0, 0.1) is 5.41 Å². The van der Waals surface area contributed by atoms with E-state index in [0.717, 1.165) is 45.4 Å². The Morgan fingerprint density at radius 2 is 2.00 bits per heavy atom. The molecule has 18 heavy (non-hydrogen) atoms. The van der Waals surface area contributed by atoms with Gasteiger partial charge in [0.25, 0.3) is 0 Å².